The lowest BCUT2D eigenvalue weighted by Crippen LogP contribution is -2.39. The van der Waals surface area contributed by atoms with Crippen LogP contribution in [0.4, 0.5) is 17.1 Å². The van der Waals surface area contributed by atoms with E-state index in [-0.39, 0.29) is 17.7 Å². The Morgan fingerprint density at radius 1 is 1.33 bits per heavy atom. The molecule has 7 heteroatoms. The Hall–Kier alpha value is -1.86. The molecule has 116 valence electrons. The minimum absolute atomic E-state index is 0.00835. The van der Waals surface area contributed by atoms with Crippen LogP contribution < -0.4 is 10.6 Å². The van der Waals surface area contributed by atoms with Gasteiger partial charge in [0.15, 0.2) is 6.29 Å². The third-order valence-electron chi connectivity index (χ3n) is 3.96. The second-order valence-electron chi connectivity index (χ2n) is 5.14. The summed E-state index contributed by atoms with van der Waals surface area (Å²) in [6.45, 7) is 1.44. The first kappa shape index (κ1) is 15.5. The molecule has 0 spiro atoms. The Kier molecular flexibility index (Phi) is 4.98. The molecule has 1 aromatic carbocycles. The molecule has 1 aliphatic heterocycles. The molecule has 1 saturated heterocycles. The second-order valence-corrected chi connectivity index (χ2v) is 5.14. The maximum Gasteiger partial charge on any atom is 0.315 e. The Bertz CT molecular complexity index is 497. The molecule has 2 rings (SSSR count). The highest BCUT2D eigenvalue weighted by Gasteiger charge is 2.30. The molecule has 1 fully saturated rings. The molecular formula is C14H21N3O4. The summed E-state index contributed by atoms with van der Waals surface area (Å²) in [6, 6.07) is 5.05. The highest BCUT2D eigenvalue weighted by atomic mass is 16.7. The number of methoxy groups -OCH3 is 2. The number of nitrogens with zero attached hydrogens (tertiary/aromatic N) is 2. The number of nitrogen functional groups attached to an aromatic ring is 1. The Morgan fingerprint density at radius 2 is 1.95 bits per heavy atom. The van der Waals surface area contributed by atoms with Gasteiger partial charge in [0.05, 0.1) is 4.92 Å². The summed E-state index contributed by atoms with van der Waals surface area (Å²) in [5.41, 5.74) is 6.52. The number of rotatable bonds is 5. The molecule has 0 bridgehead atoms. The maximum atomic E-state index is 11.2. The van der Waals surface area contributed by atoms with Gasteiger partial charge in [0.25, 0.3) is 0 Å². The van der Waals surface area contributed by atoms with Crippen LogP contribution in [0.2, 0.25) is 0 Å². The number of nitrogens with two attached hydrogens (primary N) is 1. The predicted molar refractivity (Wildman–Crippen MR) is 80.3 cm³/mol. The smallest absolute Gasteiger partial charge is 0.315 e. The summed E-state index contributed by atoms with van der Waals surface area (Å²) in [5, 5.41) is 11.2. The Morgan fingerprint density at radius 3 is 2.48 bits per heavy atom. The van der Waals surface area contributed by atoms with Crippen molar-refractivity contribution in [1.82, 2.24) is 0 Å². The van der Waals surface area contributed by atoms with Gasteiger partial charge in [-0.15, -0.1) is 0 Å². The van der Waals surface area contributed by atoms with Gasteiger partial charge in [-0.25, -0.2) is 0 Å². The Balaban J connectivity index is 2.13. The van der Waals surface area contributed by atoms with Gasteiger partial charge in [-0.1, -0.05) is 6.07 Å². The van der Waals surface area contributed by atoms with Gasteiger partial charge in [-0.3, -0.25) is 10.1 Å². The van der Waals surface area contributed by atoms with Crippen molar-refractivity contribution in [3.8, 4) is 0 Å². The van der Waals surface area contributed by atoms with Crippen LogP contribution in [-0.2, 0) is 9.47 Å². The topological polar surface area (TPSA) is 90.9 Å². The number of ether oxygens (including phenoxy) is 2. The third kappa shape index (κ3) is 3.25. The minimum atomic E-state index is -0.413. The average molecular weight is 295 g/mol. The molecule has 21 heavy (non-hydrogen) atoms. The van der Waals surface area contributed by atoms with Crippen LogP contribution in [0.5, 0.6) is 0 Å². The summed E-state index contributed by atoms with van der Waals surface area (Å²) in [5.74, 6) is 0.302. The van der Waals surface area contributed by atoms with E-state index in [1.807, 2.05) is 4.90 Å². The summed E-state index contributed by atoms with van der Waals surface area (Å²) in [6.07, 6.45) is 1.50. The van der Waals surface area contributed by atoms with Crippen molar-refractivity contribution in [3.05, 3.63) is 28.3 Å². The second kappa shape index (κ2) is 6.73. The van der Waals surface area contributed by atoms with Crippen LogP contribution in [0.25, 0.3) is 0 Å². The number of nitro groups is 1. The molecule has 1 heterocycles. The molecule has 0 unspecified atom stereocenters. The van der Waals surface area contributed by atoms with E-state index in [1.165, 1.54) is 0 Å². The normalized spacial score (nSPS) is 16.4. The fourth-order valence-corrected chi connectivity index (χ4v) is 2.90. The molecule has 0 radical (unpaired) electrons. The lowest BCUT2D eigenvalue weighted by Gasteiger charge is -2.35. The first-order chi connectivity index (χ1) is 10.1. The molecule has 1 aliphatic rings. The zero-order valence-corrected chi connectivity index (χ0v) is 12.3. The van der Waals surface area contributed by atoms with E-state index in [0.29, 0.717) is 11.6 Å². The van der Waals surface area contributed by atoms with Gasteiger partial charge >= 0.3 is 5.69 Å². The first-order valence-electron chi connectivity index (χ1n) is 6.92. The average Bonchev–Trinajstić information content (AvgIpc) is 2.48. The van der Waals surface area contributed by atoms with Crippen LogP contribution in [0, 0.1) is 16.0 Å². The molecule has 0 aromatic heterocycles. The van der Waals surface area contributed by atoms with E-state index in [0.717, 1.165) is 25.9 Å². The van der Waals surface area contributed by atoms with Crippen molar-refractivity contribution in [1.29, 1.82) is 0 Å². The maximum absolute atomic E-state index is 11.2. The standard InChI is InChI=1S/C14H21N3O4/c1-20-14(21-2)10-6-8-16(9-7-10)12-5-3-4-11(15)13(12)17(18)19/h3-5,10,14H,6-9,15H2,1-2H3. The van der Waals surface area contributed by atoms with Crippen LogP contribution in [0.1, 0.15) is 12.8 Å². The number of para-hydroxylation sites is 1. The van der Waals surface area contributed by atoms with Crippen molar-refractivity contribution in [2.75, 3.05) is 37.9 Å². The van der Waals surface area contributed by atoms with E-state index >= 15 is 0 Å². The van der Waals surface area contributed by atoms with Crippen molar-refractivity contribution >= 4 is 17.1 Å². The lowest BCUT2D eigenvalue weighted by molar-refractivity contribution is -0.383. The van der Waals surface area contributed by atoms with Gasteiger partial charge in [0.1, 0.15) is 11.4 Å². The van der Waals surface area contributed by atoms with E-state index < -0.39 is 4.92 Å². The zero-order chi connectivity index (χ0) is 15.4. The number of benzene rings is 1. The van der Waals surface area contributed by atoms with E-state index in [4.69, 9.17) is 15.2 Å². The van der Waals surface area contributed by atoms with Crippen LogP contribution >= 0.6 is 0 Å². The fourth-order valence-electron chi connectivity index (χ4n) is 2.90. The minimum Gasteiger partial charge on any atom is -0.393 e. The van der Waals surface area contributed by atoms with Crippen molar-refractivity contribution in [3.63, 3.8) is 0 Å². The zero-order valence-electron chi connectivity index (χ0n) is 12.3. The van der Waals surface area contributed by atoms with E-state index in [2.05, 4.69) is 0 Å². The highest BCUT2D eigenvalue weighted by Crippen LogP contribution is 2.36. The van der Waals surface area contributed by atoms with Gasteiger partial charge < -0.3 is 20.1 Å². The molecule has 1 aromatic rings. The molecule has 0 aliphatic carbocycles. The van der Waals surface area contributed by atoms with E-state index in [9.17, 15) is 10.1 Å². The van der Waals surface area contributed by atoms with Gasteiger partial charge in [0.2, 0.25) is 0 Å². The number of anilines is 2. The summed E-state index contributed by atoms with van der Waals surface area (Å²) < 4.78 is 10.6. The van der Waals surface area contributed by atoms with Crippen molar-refractivity contribution in [2.24, 2.45) is 5.92 Å². The third-order valence-corrected chi connectivity index (χ3v) is 3.96. The molecule has 0 saturated carbocycles. The molecule has 2 N–H and O–H groups in total. The molecule has 0 atom stereocenters. The molecule has 7 nitrogen and oxygen atoms in total. The number of hydrogen-bond donors (Lipinski definition) is 1. The molecular weight excluding hydrogens is 274 g/mol. The summed E-state index contributed by atoms with van der Waals surface area (Å²) >= 11 is 0. The number of hydrogen-bond acceptors (Lipinski definition) is 6. The number of piperidine rings is 1. The SMILES string of the molecule is COC(OC)C1CCN(c2cccc(N)c2[N+](=O)[O-])CC1. The van der Waals surface area contributed by atoms with Crippen LogP contribution in [0.3, 0.4) is 0 Å². The predicted octanol–water partition coefficient (Wildman–Crippen LogP) is 2.01. The van der Waals surface area contributed by atoms with Gasteiger partial charge in [-0.2, -0.15) is 0 Å². The summed E-state index contributed by atoms with van der Waals surface area (Å²) in [4.78, 5) is 12.8. The van der Waals surface area contributed by atoms with Crippen LogP contribution in [0.15, 0.2) is 18.2 Å². The molecule has 0 amide bonds. The van der Waals surface area contributed by atoms with Crippen LogP contribution in [-0.4, -0.2) is 38.5 Å². The first-order valence-corrected chi connectivity index (χ1v) is 6.92. The fraction of sp³-hybridized carbons (Fsp3) is 0.571. The van der Waals surface area contributed by atoms with Crippen molar-refractivity contribution < 1.29 is 14.4 Å². The van der Waals surface area contributed by atoms with Gasteiger partial charge in [-0.05, 0) is 25.0 Å². The Labute approximate surface area is 123 Å². The summed E-state index contributed by atoms with van der Waals surface area (Å²) in [7, 11) is 3.26. The highest BCUT2D eigenvalue weighted by molar-refractivity contribution is 5.75. The monoisotopic (exact) mass is 295 g/mol. The quantitative estimate of drug-likeness (QED) is 0.387. The van der Waals surface area contributed by atoms with Gasteiger partial charge in [0, 0.05) is 33.2 Å². The largest absolute Gasteiger partial charge is 0.393 e. The van der Waals surface area contributed by atoms with Crippen molar-refractivity contribution in [2.45, 2.75) is 19.1 Å². The number of nitro benzene ring substituents is 1. The lowest BCUT2D eigenvalue weighted by atomic mass is 9.95. The van der Waals surface area contributed by atoms with E-state index in [1.54, 1.807) is 32.4 Å².